The lowest BCUT2D eigenvalue weighted by Gasteiger charge is -2.15. The van der Waals surface area contributed by atoms with E-state index in [1.165, 1.54) is 4.90 Å². The molecule has 1 aliphatic heterocycles. The lowest BCUT2D eigenvalue weighted by Crippen LogP contribution is -2.29. The molecule has 0 unspecified atom stereocenters. The van der Waals surface area contributed by atoms with Crippen molar-refractivity contribution in [2.45, 2.75) is 26.9 Å². The van der Waals surface area contributed by atoms with Gasteiger partial charge in [0.05, 0.1) is 29.3 Å². The van der Waals surface area contributed by atoms with Crippen molar-refractivity contribution in [2.24, 2.45) is 12.0 Å². The third-order valence-electron chi connectivity index (χ3n) is 5.75. The summed E-state index contributed by atoms with van der Waals surface area (Å²) in [5.41, 5.74) is 2.85. The molecule has 3 aromatic rings. The molecule has 0 fully saturated rings. The Kier molecular flexibility index (Phi) is 6.74. The molecule has 0 saturated heterocycles. The minimum atomic E-state index is -0.286. The van der Waals surface area contributed by atoms with E-state index in [4.69, 9.17) is 0 Å². The zero-order valence-corrected chi connectivity index (χ0v) is 20.5. The van der Waals surface area contributed by atoms with Crippen LogP contribution in [-0.2, 0) is 20.1 Å². The summed E-state index contributed by atoms with van der Waals surface area (Å²) in [6, 6.07) is 14.5. The van der Waals surface area contributed by atoms with E-state index in [1.54, 1.807) is 52.4 Å². The minimum absolute atomic E-state index is 0.163. The summed E-state index contributed by atoms with van der Waals surface area (Å²) in [6.45, 7) is 4.49. The summed E-state index contributed by atoms with van der Waals surface area (Å²) in [6.07, 6.45) is 0. The van der Waals surface area contributed by atoms with Crippen LogP contribution in [0.3, 0.4) is 0 Å². The van der Waals surface area contributed by atoms with E-state index in [2.05, 4.69) is 17.2 Å². The van der Waals surface area contributed by atoms with Crippen molar-refractivity contribution >= 4 is 40.1 Å². The highest BCUT2D eigenvalue weighted by atomic mass is 32.2. The zero-order chi connectivity index (χ0) is 24.4. The average Bonchev–Trinajstić information content (AvgIpc) is 3.19. The fraction of sp³-hybridized carbons (Fsp3) is 0.280. The van der Waals surface area contributed by atoms with Gasteiger partial charge in [0.15, 0.2) is 5.82 Å². The number of carbonyl (C=O) groups excluding carboxylic acids is 2. The molecule has 0 atom stereocenters. The first kappa shape index (κ1) is 23.6. The normalized spacial score (nSPS) is 13.5. The van der Waals surface area contributed by atoms with E-state index >= 15 is 0 Å². The molecular formula is C25H27N5O3S. The quantitative estimate of drug-likeness (QED) is 0.317. The Morgan fingerprint density at radius 1 is 0.971 bits per heavy atom. The van der Waals surface area contributed by atoms with Crippen molar-refractivity contribution in [2.75, 3.05) is 18.1 Å². The highest BCUT2D eigenvalue weighted by Gasteiger charge is 2.34. The van der Waals surface area contributed by atoms with Gasteiger partial charge in [-0.25, -0.2) is 9.67 Å². The van der Waals surface area contributed by atoms with Gasteiger partial charge in [0.2, 0.25) is 0 Å². The fourth-order valence-electron chi connectivity index (χ4n) is 4.12. The van der Waals surface area contributed by atoms with Crippen molar-refractivity contribution < 1.29 is 9.59 Å². The standard InChI is InChI=1S/C25H27N5O3S/c1-5-34-16(2)27-22-21(26-3)25(33)30(28(22)4)15-18-10-8-9-17(13-18)14-29-23(31)19-11-6-7-12-20(19)24(29)32/h6-13,26H,5,14-15H2,1-4H3. The van der Waals surface area contributed by atoms with Gasteiger partial charge in [0, 0.05) is 14.1 Å². The molecule has 4 rings (SSSR count). The van der Waals surface area contributed by atoms with Gasteiger partial charge in [-0.05, 0) is 35.9 Å². The first-order chi connectivity index (χ1) is 16.3. The maximum atomic E-state index is 13.1. The molecule has 0 spiro atoms. The highest BCUT2D eigenvalue weighted by Crippen LogP contribution is 2.26. The molecule has 0 aliphatic carbocycles. The monoisotopic (exact) mass is 477 g/mol. The second-order valence-electron chi connectivity index (χ2n) is 7.96. The molecule has 0 saturated carbocycles. The van der Waals surface area contributed by atoms with Crippen LogP contribution in [-0.4, -0.2) is 43.9 Å². The molecule has 1 aliphatic rings. The van der Waals surface area contributed by atoms with E-state index in [-0.39, 0.29) is 23.9 Å². The second kappa shape index (κ2) is 9.72. The van der Waals surface area contributed by atoms with Crippen LogP contribution < -0.4 is 10.9 Å². The predicted molar refractivity (Wildman–Crippen MR) is 136 cm³/mol. The number of carbonyl (C=O) groups is 2. The lowest BCUT2D eigenvalue weighted by atomic mass is 10.1. The molecule has 0 radical (unpaired) electrons. The van der Waals surface area contributed by atoms with Crippen LogP contribution in [0.1, 0.15) is 45.7 Å². The van der Waals surface area contributed by atoms with E-state index in [0.717, 1.165) is 21.9 Å². The Morgan fingerprint density at radius 2 is 1.59 bits per heavy atom. The van der Waals surface area contributed by atoms with E-state index in [1.807, 2.05) is 38.2 Å². The third kappa shape index (κ3) is 4.31. The molecule has 1 N–H and O–H groups in total. The van der Waals surface area contributed by atoms with Gasteiger partial charge < -0.3 is 5.32 Å². The summed E-state index contributed by atoms with van der Waals surface area (Å²) >= 11 is 1.62. The number of thioether (sulfide) groups is 1. The number of rotatable bonds is 7. The van der Waals surface area contributed by atoms with E-state index in [9.17, 15) is 14.4 Å². The van der Waals surface area contributed by atoms with Crippen LogP contribution in [0.4, 0.5) is 11.5 Å². The Hall–Kier alpha value is -3.59. The molecule has 34 heavy (non-hydrogen) atoms. The molecule has 2 heterocycles. The summed E-state index contributed by atoms with van der Waals surface area (Å²) in [4.78, 5) is 44.4. The predicted octanol–water partition coefficient (Wildman–Crippen LogP) is 3.88. The Balaban J connectivity index is 1.60. The van der Waals surface area contributed by atoms with Gasteiger partial charge in [-0.2, -0.15) is 0 Å². The number of nitrogens with zero attached hydrogens (tertiary/aromatic N) is 4. The van der Waals surface area contributed by atoms with Gasteiger partial charge >= 0.3 is 0 Å². The highest BCUT2D eigenvalue weighted by molar-refractivity contribution is 8.13. The molecule has 8 nitrogen and oxygen atoms in total. The fourth-order valence-corrected chi connectivity index (χ4v) is 4.69. The summed E-state index contributed by atoms with van der Waals surface area (Å²) in [7, 11) is 3.53. The maximum absolute atomic E-state index is 13.1. The van der Waals surface area contributed by atoms with Crippen LogP contribution in [0.2, 0.25) is 0 Å². The number of hydrogen-bond donors (Lipinski definition) is 1. The van der Waals surface area contributed by atoms with Crippen LogP contribution in [0, 0.1) is 0 Å². The lowest BCUT2D eigenvalue weighted by molar-refractivity contribution is 0.0642. The number of amides is 2. The first-order valence-corrected chi connectivity index (χ1v) is 12.0. The Morgan fingerprint density at radius 3 is 2.18 bits per heavy atom. The maximum Gasteiger partial charge on any atom is 0.292 e. The number of nitrogens with one attached hydrogen (secondary N) is 1. The SMILES string of the molecule is CCSC(C)=Nc1c(NC)c(=O)n(Cc2cccc(CN3C(=O)c4ccccc4C3=O)c2)n1C. The van der Waals surface area contributed by atoms with Gasteiger partial charge in [0.1, 0.15) is 5.69 Å². The molecule has 176 valence electrons. The summed E-state index contributed by atoms with van der Waals surface area (Å²) < 4.78 is 3.38. The molecule has 2 aromatic carbocycles. The number of imide groups is 1. The first-order valence-electron chi connectivity index (χ1n) is 11.0. The summed E-state index contributed by atoms with van der Waals surface area (Å²) in [5, 5.41) is 3.87. The van der Waals surface area contributed by atoms with Crippen molar-refractivity contribution in [1.82, 2.24) is 14.3 Å². The van der Waals surface area contributed by atoms with Crippen molar-refractivity contribution in [3.05, 3.63) is 81.1 Å². The molecule has 2 amide bonds. The van der Waals surface area contributed by atoms with Crippen LogP contribution in [0.15, 0.2) is 58.3 Å². The van der Waals surface area contributed by atoms with Crippen LogP contribution in [0.5, 0.6) is 0 Å². The number of hydrogen-bond acceptors (Lipinski definition) is 6. The zero-order valence-electron chi connectivity index (χ0n) is 19.7. The number of fused-ring (bicyclic) bond motifs is 1. The third-order valence-corrected chi connectivity index (χ3v) is 6.55. The van der Waals surface area contributed by atoms with Crippen molar-refractivity contribution in [3.63, 3.8) is 0 Å². The molecule has 0 bridgehead atoms. The number of aliphatic imine (C=N–C) groups is 1. The largest absolute Gasteiger partial charge is 0.381 e. The van der Waals surface area contributed by atoms with Gasteiger partial charge in [0.25, 0.3) is 17.4 Å². The van der Waals surface area contributed by atoms with Gasteiger partial charge in [-0.15, -0.1) is 11.8 Å². The smallest absolute Gasteiger partial charge is 0.292 e. The number of anilines is 1. The van der Waals surface area contributed by atoms with Crippen LogP contribution in [0.25, 0.3) is 0 Å². The van der Waals surface area contributed by atoms with Crippen molar-refractivity contribution in [1.29, 1.82) is 0 Å². The van der Waals surface area contributed by atoms with Gasteiger partial charge in [-0.1, -0.05) is 43.3 Å². The number of aromatic nitrogens is 2. The van der Waals surface area contributed by atoms with Gasteiger partial charge in [-0.3, -0.25) is 24.0 Å². The van der Waals surface area contributed by atoms with Crippen LogP contribution >= 0.6 is 11.8 Å². The molecular weight excluding hydrogens is 450 g/mol. The number of benzene rings is 2. The van der Waals surface area contributed by atoms with E-state index in [0.29, 0.717) is 29.2 Å². The van der Waals surface area contributed by atoms with E-state index < -0.39 is 0 Å². The Bertz CT molecular complexity index is 1320. The average molecular weight is 478 g/mol. The summed E-state index contributed by atoms with van der Waals surface area (Å²) in [5.74, 6) is 0.907. The topological polar surface area (TPSA) is 88.7 Å². The minimum Gasteiger partial charge on any atom is -0.381 e. The van der Waals surface area contributed by atoms with Crippen molar-refractivity contribution in [3.8, 4) is 0 Å². The molecule has 9 heteroatoms. The second-order valence-corrected chi connectivity index (χ2v) is 9.42. The molecule has 1 aromatic heterocycles. The Labute approximate surface area is 202 Å².